The fourth-order valence-electron chi connectivity index (χ4n) is 3.93. The van der Waals surface area contributed by atoms with Gasteiger partial charge in [0.15, 0.2) is 0 Å². The molecule has 1 aliphatic rings. The molecule has 1 saturated heterocycles. The van der Waals surface area contributed by atoms with Gasteiger partial charge in [-0.25, -0.2) is 4.98 Å². The molecule has 8 nitrogen and oxygen atoms in total. The molecule has 0 amide bonds. The van der Waals surface area contributed by atoms with Crippen molar-refractivity contribution in [1.82, 2.24) is 35.5 Å². The summed E-state index contributed by atoms with van der Waals surface area (Å²) >= 11 is 0. The summed E-state index contributed by atoms with van der Waals surface area (Å²) in [6, 6.07) is 10.7. The van der Waals surface area contributed by atoms with Crippen LogP contribution in [0.4, 0.5) is 5.82 Å². The molecule has 0 radical (unpaired) electrons. The van der Waals surface area contributed by atoms with Crippen LogP contribution in [0.15, 0.2) is 42.7 Å². The van der Waals surface area contributed by atoms with Crippen molar-refractivity contribution < 1.29 is 0 Å². The van der Waals surface area contributed by atoms with E-state index in [9.17, 15) is 0 Å². The highest BCUT2D eigenvalue weighted by atomic mass is 15.3. The first-order valence-corrected chi connectivity index (χ1v) is 9.51. The fraction of sp³-hybridized carbons (Fsp3) is 0.300. The van der Waals surface area contributed by atoms with Crippen LogP contribution in [0.5, 0.6) is 0 Å². The van der Waals surface area contributed by atoms with E-state index in [1.807, 2.05) is 16.9 Å². The number of nitrogen functional groups attached to an aromatic ring is 1. The summed E-state index contributed by atoms with van der Waals surface area (Å²) in [6.45, 7) is 2.93. The molecule has 142 valence electrons. The van der Waals surface area contributed by atoms with Crippen LogP contribution in [0.25, 0.3) is 11.2 Å². The van der Waals surface area contributed by atoms with E-state index in [2.05, 4.69) is 61.3 Å². The molecule has 0 aliphatic carbocycles. The summed E-state index contributed by atoms with van der Waals surface area (Å²) in [5, 5.41) is 18.8. The Kier molecular flexibility index (Phi) is 4.25. The van der Waals surface area contributed by atoms with Crippen molar-refractivity contribution in [2.45, 2.75) is 25.3 Å². The minimum Gasteiger partial charge on any atom is -0.384 e. The first-order valence-electron chi connectivity index (χ1n) is 9.51. The van der Waals surface area contributed by atoms with Crippen LogP contribution in [0, 0.1) is 0 Å². The number of nitrogens with zero attached hydrogens (tertiary/aromatic N) is 5. The number of hydrogen-bond acceptors (Lipinski definition) is 6. The molecule has 1 atom stereocenters. The molecule has 4 heterocycles. The Morgan fingerprint density at radius 3 is 3.04 bits per heavy atom. The second kappa shape index (κ2) is 7.05. The van der Waals surface area contributed by atoms with Crippen LogP contribution in [-0.2, 0) is 13.0 Å². The fourth-order valence-corrected chi connectivity index (χ4v) is 3.93. The highest BCUT2D eigenvalue weighted by molar-refractivity contribution is 5.76. The Hall–Kier alpha value is -3.26. The third-order valence-corrected chi connectivity index (χ3v) is 5.30. The summed E-state index contributed by atoms with van der Waals surface area (Å²) in [5.74, 6) is 1.07. The largest absolute Gasteiger partial charge is 0.384 e. The quantitative estimate of drug-likeness (QED) is 0.492. The van der Waals surface area contributed by atoms with E-state index < -0.39 is 0 Å². The number of nitrogens with two attached hydrogens (primary N) is 1. The number of fused-ring (bicyclic) bond motifs is 1. The Morgan fingerprint density at radius 2 is 2.14 bits per heavy atom. The van der Waals surface area contributed by atoms with E-state index in [-0.39, 0.29) is 0 Å². The lowest BCUT2D eigenvalue weighted by atomic mass is 9.97. The van der Waals surface area contributed by atoms with Crippen molar-refractivity contribution in [1.29, 1.82) is 0 Å². The van der Waals surface area contributed by atoms with Crippen LogP contribution >= 0.6 is 0 Å². The minimum atomic E-state index is 0.446. The number of anilines is 1. The van der Waals surface area contributed by atoms with Crippen LogP contribution in [0.3, 0.4) is 0 Å². The first kappa shape index (κ1) is 16.9. The maximum Gasteiger partial charge on any atom is 0.203 e. The van der Waals surface area contributed by atoms with E-state index >= 15 is 0 Å². The van der Waals surface area contributed by atoms with Gasteiger partial charge in [0, 0.05) is 19.2 Å². The van der Waals surface area contributed by atoms with E-state index in [1.165, 1.54) is 17.5 Å². The normalized spacial score (nSPS) is 16.8. The molecule has 0 spiro atoms. The molecule has 1 fully saturated rings. The number of rotatable bonds is 5. The average molecular weight is 374 g/mol. The number of nitrogens with one attached hydrogen (secondary N) is 2. The molecular formula is C20H22N8. The molecule has 8 heteroatoms. The Balaban J connectivity index is 1.34. The number of aromatic amines is 1. The zero-order valence-corrected chi connectivity index (χ0v) is 15.5. The second-order valence-electron chi connectivity index (χ2n) is 7.36. The molecular weight excluding hydrogens is 352 g/mol. The van der Waals surface area contributed by atoms with Crippen molar-refractivity contribution in [3.63, 3.8) is 0 Å². The first-order chi connectivity index (χ1) is 13.7. The van der Waals surface area contributed by atoms with Crippen LogP contribution in [0.2, 0.25) is 0 Å². The minimum absolute atomic E-state index is 0.446. The van der Waals surface area contributed by atoms with E-state index in [4.69, 9.17) is 5.73 Å². The molecule has 3 aromatic heterocycles. The zero-order chi connectivity index (χ0) is 18.9. The van der Waals surface area contributed by atoms with Crippen LogP contribution < -0.4 is 11.1 Å². The summed E-state index contributed by atoms with van der Waals surface area (Å²) in [7, 11) is 0. The summed E-state index contributed by atoms with van der Waals surface area (Å²) in [6.07, 6.45) is 5.87. The standard InChI is InChI=1S/C20H22N8/c21-18-8-17(19-20(24-18)26-27-25-19)7-14-9-23-28(12-14)11-13-2-1-3-15(6-13)16-4-5-22-10-16/h1-3,6,8-9,12,16,22H,4-5,7,10-11H2,(H3,21,24,25,26,27)/t16-/m0/s1. The van der Waals surface area contributed by atoms with Gasteiger partial charge in [0.05, 0.1) is 12.7 Å². The summed E-state index contributed by atoms with van der Waals surface area (Å²) in [4.78, 5) is 4.19. The van der Waals surface area contributed by atoms with E-state index in [0.29, 0.717) is 23.8 Å². The van der Waals surface area contributed by atoms with Gasteiger partial charge in [-0.1, -0.05) is 24.3 Å². The predicted octanol–water partition coefficient (Wildman–Crippen LogP) is 1.85. The van der Waals surface area contributed by atoms with Gasteiger partial charge in [-0.3, -0.25) is 4.68 Å². The SMILES string of the molecule is Nc1cc(Cc2cnn(Cc3cccc([C@H]4CCNC4)c3)c2)c2n[nH]nc2n1. The third-order valence-electron chi connectivity index (χ3n) is 5.30. The maximum absolute atomic E-state index is 5.89. The summed E-state index contributed by atoms with van der Waals surface area (Å²) < 4.78 is 1.98. The molecule has 5 rings (SSSR count). The molecule has 1 aromatic carbocycles. The van der Waals surface area contributed by atoms with Gasteiger partial charge in [0.2, 0.25) is 5.65 Å². The van der Waals surface area contributed by atoms with Gasteiger partial charge in [-0.2, -0.15) is 15.4 Å². The Bertz CT molecular complexity index is 1110. The van der Waals surface area contributed by atoms with Crippen molar-refractivity contribution in [2.24, 2.45) is 0 Å². The van der Waals surface area contributed by atoms with Gasteiger partial charge in [0.25, 0.3) is 0 Å². The molecule has 28 heavy (non-hydrogen) atoms. The number of H-pyrrole nitrogens is 1. The highest BCUT2D eigenvalue weighted by Gasteiger charge is 2.16. The molecule has 4 aromatic rings. The Labute approximate surface area is 162 Å². The van der Waals surface area contributed by atoms with Gasteiger partial charge >= 0.3 is 0 Å². The van der Waals surface area contributed by atoms with Gasteiger partial charge in [0.1, 0.15) is 11.3 Å². The van der Waals surface area contributed by atoms with Crippen LogP contribution in [-0.4, -0.2) is 43.3 Å². The van der Waals surface area contributed by atoms with Crippen LogP contribution in [0.1, 0.15) is 34.6 Å². The lowest BCUT2D eigenvalue weighted by molar-refractivity contribution is 0.682. The highest BCUT2D eigenvalue weighted by Crippen LogP contribution is 2.23. The van der Waals surface area contributed by atoms with Gasteiger partial charge < -0.3 is 11.1 Å². The third kappa shape index (κ3) is 3.34. The molecule has 4 N–H and O–H groups in total. The lowest BCUT2D eigenvalue weighted by Crippen LogP contribution is -2.08. The van der Waals surface area contributed by atoms with Crippen molar-refractivity contribution >= 4 is 17.0 Å². The zero-order valence-electron chi connectivity index (χ0n) is 15.5. The molecule has 1 aliphatic heterocycles. The number of aromatic nitrogens is 6. The van der Waals surface area contributed by atoms with Gasteiger partial charge in [-0.05, 0) is 47.2 Å². The van der Waals surface area contributed by atoms with Crippen molar-refractivity contribution in [3.05, 3.63) is 65.0 Å². The topological polar surface area (TPSA) is 110 Å². The number of benzene rings is 1. The number of hydrogen-bond donors (Lipinski definition) is 3. The predicted molar refractivity (Wildman–Crippen MR) is 107 cm³/mol. The second-order valence-corrected chi connectivity index (χ2v) is 7.36. The molecule has 0 bridgehead atoms. The molecule has 0 saturated carbocycles. The van der Waals surface area contributed by atoms with Crippen molar-refractivity contribution in [3.8, 4) is 0 Å². The Morgan fingerprint density at radius 1 is 1.18 bits per heavy atom. The summed E-state index contributed by atoms with van der Waals surface area (Å²) in [5.41, 5.74) is 12.0. The lowest BCUT2D eigenvalue weighted by Gasteiger charge is -2.10. The smallest absolute Gasteiger partial charge is 0.203 e. The average Bonchev–Trinajstić information content (AvgIpc) is 3.43. The maximum atomic E-state index is 5.89. The van der Waals surface area contributed by atoms with Crippen molar-refractivity contribution in [2.75, 3.05) is 18.8 Å². The van der Waals surface area contributed by atoms with Gasteiger partial charge in [-0.15, -0.1) is 5.10 Å². The van der Waals surface area contributed by atoms with E-state index in [1.54, 1.807) is 0 Å². The molecule has 0 unspecified atom stereocenters. The van der Waals surface area contributed by atoms with E-state index in [0.717, 1.165) is 36.3 Å². The monoisotopic (exact) mass is 374 g/mol. The number of pyridine rings is 1.